The second-order valence-corrected chi connectivity index (χ2v) is 8.47. The van der Waals surface area contributed by atoms with E-state index in [0.29, 0.717) is 12.1 Å². The van der Waals surface area contributed by atoms with E-state index < -0.39 is 22.3 Å². The average Bonchev–Trinajstić information content (AvgIpc) is 3.14. The van der Waals surface area contributed by atoms with Crippen molar-refractivity contribution in [3.63, 3.8) is 0 Å². The molecule has 7 heteroatoms. The number of sulfonamides is 1. The van der Waals surface area contributed by atoms with Crippen LogP contribution in [-0.4, -0.2) is 38.7 Å². The number of hydrogen-bond donors (Lipinski definition) is 0. The third-order valence-corrected chi connectivity index (χ3v) is 7.01. The molecule has 2 aromatic carbocycles. The zero-order valence-electron chi connectivity index (χ0n) is 14.6. The molecule has 0 aromatic heterocycles. The molecule has 4 rings (SSSR count). The molecule has 0 aliphatic carbocycles. The Morgan fingerprint density at radius 3 is 2.42 bits per heavy atom. The van der Waals surface area contributed by atoms with E-state index in [0.717, 1.165) is 5.56 Å². The van der Waals surface area contributed by atoms with E-state index in [1.54, 1.807) is 41.3 Å². The molecule has 0 saturated carbocycles. The summed E-state index contributed by atoms with van der Waals surface area (Å²) in [6.45, 7) is 1.92. The van der Waals surface area contributed by atoms with Gasteiger partial charge in [-0.15, -0.1) is 0 Å². The van der Waals surface area contributed by atoms with Crippen LogP contribution >= 0.6 is 0 Å². The number of rotatable bonds is 2. The molecule has 3 atom stereocenters. The van der Waals surface area contributed by atoms with Gasteiger partial charge < -0.3 is 4.74 Å². The molecular formula is C19H20N2O4S. The van der Waals surface area contributed by atoms with Crippen LogP contribution in [0.1, 0.15) is 24.8 Å². The first kappa shape index (κ1) is 16.9. The number of likely N-dealkylation sites (tertiary alicyclic amines) is 1. The largest absolute Gasteiger partial charge is 0.453 e. The lowest BCUT2D eigenvalue weighted by atomic mass is 9.97. The highest BCUT2D eigenvalue weighted by molar-refractivity contribution is 7.92. The van der Waals surface area contributed by atoms with Crippen LogP contribution in [0.5, 0.6) is 0 Å². The molecule has 2 aromatic rings. The van der Waals surface area contributed by atoms with Gasteiger partial charge in [0.2, 0.25) is 0 Å². The molecule has 0 radical (unpaired) electrons. The first-order valence-corrected chi connectivity index (χ1v) is 9.95. The fourth-order valence-electron chi connectivity index (χ4n) is 4.14. The lowest BCUT2D eigenvalue weighted by molar-refractivity contribution is 0.107. The van der Waals surface area contributed by atoms with Crippen LogP contribution in [0, 0.1) is 0 Å². The first-order valence-electron chi connectivity index (χ1n) is 8.51. The van der Waals surface area contributed by atoms with Gasteiger partial charge in [-0.2, -0.15) is 0 Å². The van der Waals surface area contributed by atoms with Gasteiger partial charge >= 0.3 is 6.09 Å². The number of para-hydroxylation sites is 1. The molecular weight excluding hydrogens is 352 g/mol. The van der Waals surface area contributed by atoms with Gasteiger partial charge in [-0.25, -0.2) is 17.5 Å². The number of anilines is 1. The van der Waals surface area contributed by atoms with E-state index in [2.05, 4.69) is 0 Å². The maximum atomic E-state index is 13.5. The highest BCUT2D eigenvalue weighted by Gasteiger charge is 2.55. The zero-order chi connectivity index (χ0) is 18.5. The van der Waals surface area contributed by atoms with Crippen LogP contribution < -0.4 is 4.31 Å². The van der Waals surface area contributed by atoms with Crippen molar-refractivity contribution in [2.24, 2.45) is 0 Å². The van der Waals surface area contributed by atoms with Gasteiger partial charge in [0.15, 0.2) is 0 Å². The third-order valence-electron chi connectivity index (χ3n) is 5.21. The molecule has 2 aliphatic rings. The third kappa shape index (κ3) is 2.30. The second kappa shape index (κ2) is 6.02. The average molecular weight is 372 g/mol. The number of nitrogens with zero attached hydrogens (tertiary/aromatic N) is 2. The molecule has 0 N–H and O–H groups in total. The fraction of sp³-hybridized carbons (Fsp3) is 0.316. The Labute approximate surface area is 153 Å². The molecule has 26 heavy (non-hydrogen) atoms. The van der Waals surface area contributed by atoms with Gasteiger partial charge in [-0.05, 0) is 37.1 Å². The standard InChI is InChI=1S/C19H20N2O4S/c1-13-12-16-15-10-6-7-11-17(15)21(18(16)20(13)19(22)25-2)26(23,24)14-8-4-3-5-9-14/h3-11,13,16,18H,12H2,1-2H3/t13-,16+,18-/m0/s1. The van der Waals surface area contributed by atoms with Gasteiger partial charge in [-0.3, -0.25) is 4.90 Å². The molecule has 1 amide bonds. The van der Waals surface area contributed by atoms with Gasteiger partial charge in [0.25, 0.3) is 10.0 Å². The Kier molecular flexibility index (Phi) is 3.91. The Hall–Kier alpha value is -2.54. The first-order chi connectivity index (χ1) is 12.5. The van der Waals surface area contributed by atoms with Crippen molar-refractivity contribution in [1.82, 2.24) is 4.90 Å². The number of ether oxygens (including phenoxy) is 1. The summed E-state index contributed by atoms with van der Waals surface area (Å²) in [6, 6.07) is 15.7. The number of methoxy groups -OCH3 is 1. The predicted molar refractivity (Wildman–Crippen MR) is 97.4 cm³/mol. The summed E-state index contributed by atoms with van der Waals surface area (Å²) < 4.78 is 33.2. The van der Waals surface area contributed by atoms with Crippen LogP contribution in [0.4, 0.5) is 10.5 Å². The van der Waals surface area contributed by atoms with Crippen molar-refractivity contribution >= 4 is 21.8 Å². The van der Waals surface area contributed by atoms with Gasteiger partial charge in [0, 0.05) is 12.0 Å². The monoisotopic (exact) mass is 372 g/mol. The Morgan fingerprint density at radius 1 is 1.08 bits per heavy atom. The molecule has 2 aliphatic heterocycles. The van der Waals surface area contributed by atoms with E-state index in [-0.39, 0.29) is 16.9 Å². The summed E-state index contributed by atoms with van der Waals surface area (Å²) in [5, 5.41) is 0. The molecule has 2 heterocycles. The van der Waals surface area contributed by atoms with Gasteiger partial charge in [-0.1, -0.05) is 36.4 Å². The van der Waals surface area contributed by atoms with E-state index >= 15 is 0 Å². The Morgan fingerprint density at radius 2 is 1.73 bits per heavy atom. The second-order valence-electron chi connectivity index (χ2n) is 6.65. The van der Waals surface area contributed by atoms with Gasteiger partial charge in [0.05, 0.1) is 17.7 Å². The number of fused-ring (bicyclic) bond motifs is 3. The summed E-state index contributed by atoms with van der Waals surface area (Å²) in [4.78, 5) is 14.2. The highest BCUT2D eigenvalue weighted by atomic mass is 32.2. The predicted octanol–water partition coefficient (Wildman–Crippen LogP) is 3.17. The fourth-order valence-corrected chi connectivity index (χ4v) is 5.82. The molecule has 6 nitrogen and oxygen atoms in total. The number of carbonyl (C=O) groups excluding carboxylic acids is 1. The Balaban J connectivity index is 1.90. The van der Waals surface area contributed by atoms with E-state index in [9.17, 15) is 13.2 Å². The number of carbonyl (C=O) groups is 1. The topological polar surface area (TPSA) is 66.9 Å². The quantitative estimate of drug-likeness (QED) is 0.812. The number of amides is 1. The molecule has 0 spiro atoms. The molecule has 0 bridgehead atoms. The van der Waals surface area contributed by atoms with Crippen LogP contribution in [0.3, 0.4) is 0 Å². The molecule has 0 unspecified atom stereocenters. The number of hydrogen-bond acceptors (Lipinski definition) is 4. The van der Waals surface area contributed by atoms with Crippen molar-refractivity contribution in [2.45, 2.75) is 36.4 Å². The van der Waals surface area contributed by atoms with Gasteiger partial charge in [0.1, 0.15) is 6.17 Å². The van der Waals surface area contributed by atoms with E-state index in [1.165, 1.54) is 11.4 Å². The van der Waals surface area contributed by atoms with Crippen molar-refractivity contribution in [1.29, 1.82) is 0 Å². The van der Waals surface area contributed by atoms with Crippen molar-refractivity contribution in [3.05, 3.63) is 60.2 Å². The van der Waals surface area contributed by atoms with Crippen LogP contribution in [0.25, 0.3) is 0 Å². The zero-order valence-corrected chi connectivity index (χ0v) is 15.4. The minimum atomic E-state index is -3.82. The SMILES string of the molecule is COC(=O)N1[C@@H](C)C[C@@H]2c3ccccc3N(S(=O)(=O)c3ccccc3)[C@@H]21. The minimum absolute atomic E-state index is 0.0706. The normalized spacial score (nSPS) is 24.3. The molecule has 1 fully saturated rings. The molecule has 136 valence electrons. The van der Waals surface area contributed by atoms with E-state index in [4.69, 9.17) is 4.74 Å². The van der Waals surface area contributed by atoms with Crippen LogP contribution in [0.15, 0.2) is 59.5 Å². The Bertz CT molecular complexity index is 945. The summed E-state index contributed by atoms with van der Waals surface area (Å²) in [5.74, 6) is -0.0706. The van der Waals surface area contributed by atoms with Crippen molar-refractivity contribution in [3.8, 4) is 0 Å². The summed E-state index contributed by atoms with van der Waals surface area (Å²) >= 11 is 0. The number of benzene rings is 2. The van der Waals surface area contributed by atoms with Crippen molar-refractivity contribution < 1.29 is 17.9 Å². The van der Waals surface area contributed by atoms with Crippen molar-refractivity contribution in [2.75, 3.05) is 11.4 Å². The summed E-state index contributed by atoms with van der Waals surface area (Å²) in [7, 11) is -2.50. The summed E-state index contributed by atoms with van der Waals surface area (Å²) in [6.07, 6.45) is -0.427. The minimum Gasteiger partial charge on any atom is -0.453 e. The summed E-state index contributed by atoms with van der Waals surface area (Å²) in [5.41, 5.74) is 1.59. The van der Waals surface area contributed by atoms with Crippen LogP contribution in [0.2, 0.25) is 0 Å². The smallest absolute Gasteiger partial charge is 0.411 e. The maximum Gasteiger partial charge on any atom is 0.411 e. The lowest BCUT2D eigenvalue weighted by Gasteiger charge is -2.34. The molecule has 1 saturated heterocycles. The van der Waals surface area contributed by atoms with E-state index in [1.807, 2.05) is 25.1 Å². The highest BCUT2D eigenvalue weighted by Crippen LogP contribution is 2.51. The maximum absolute atomic E-state index is 13.5. The lowest BCUT2D eigenvalue weighted by Crippen LogP contribution is -2.51. The van der Waals surface area contributed by atoms with Crippen LogP contribution in [-0.2, 0) is 14.8 Å².